The third-order valence-corrected chi connectivity index (χ3v) is 2.65. The van der Waals surface area contributed by atoms with Crippen LogP contribution >= 0.6 is 0 Å². The molecule has 12 heavy (non-hydrogen) atoms. The number of carbonyl (C=O) groups excluding carboxylic acids is 1. The summed E-state index contributed by atoms with van der Waals surface area (Å²) >= 11 is 0. The van der Waals surface area contributed by atoms with Gasteiger partial charge in [-0.2, -0.15) is 5.26 Å². The molecule has 0 bridgehead atoms. The lowest BCUT2D eigenvalue weighted by Gasteiger charge is -2.06. The SMILES string of the molecule is N#CC1(C(=O)NCC2CC2)CC1. The highest BCUT2D eigenvalue weighted by Crippen LogP contribution is 2.45. The van der Waals surface area contributed by atoms with E-state index < -0.39 is 5.41 Å². The van der Waals surface area contributed by atoms with E-state index in [2.05, 4.69) is 11.4 Å². The Morgan fingerprint density at radius 2 is 2.25 bits per heavy atom. The van der Waals surface area contributed by atoms with Crippen molar-refractivity contribution in [3.05, 3.63) is 0 Å². The van der Waals surface area contributed by atoms with Crippen molar-refractivity contribution < 1.29 is 4.79 Å². The van der Waals surface area contributed by atoms with Gasteiger partial charge in [0.1, 0.15) is 5.41 Å². The molecular formula is C9H12N2O. The summed E-state index contributed by atoms with van der Waals surface area (Å²) in [4.78, 5) is 11.4. The molecule has 2 rings (SSSR count). The topological polar surface area (TPSA) is 52.9 Å². The average Bonchev–Trinajstić information content (AvgIpc) is 2.95. The number of rotatable bonds is 3. The van der Waals surface area contributed by atoms with Crippen LogP contribution in [0.1, 0.15) is 25.7 Å². The molecule has 2 aliphatic carbocycles. The van der Waals surface area contributed by atoms with E-state index in [1.54, 1.807) is 0 Å². The van der Waals surface area contributed by atoms with Crippen LogP contribution in [0.15, 0.2) is 0 Å². The van der Waals surface area contributed by atoms with E-state index in [9.17, 15) is 4.79 Å². The fourth-order valence-electron chi connectivity index (χ4n) is 1.24. The Morgan fingerprint density at radius 1 is 1.58 bits per heavy atom. The lowest BCUT2D eigenvalue weighted by molar-refractivity contribution is -0.124. The highest BCUT2D eigenvalue weighted by molar-refractivity contribution is 5.88. The minimum Gasteiger partial charge on any atom is -0.354 e. The second-order valence-corrected chi connectivity index (χ2v) is 3.85. The molecule has 1 amide bonds. The second-order valence-electron chi connectivity index (χ2n) is 3.85. The summed E-state index contributed by atoms with van der Waals surface area (Å²) in [6.07, 6.45) is 3.97. The van der Waals surface area contributed by atoms with E-state index in [0.717, 1.165) is 19.4 Å². The van der Waals surface area contributed by atoms with Crippen LogP contribution in [-0.4, -0.2) is 12.5 Å². The van der Waals surface area contributed by atoms with Gasteiger partial charge in [-0.1, -0.05) is 0 Å². The summed E-state index contributed by atoms with van der Waals surface area (Å²) in [6.45, 7) is 0.780. The molecular weight excluding hydrogens is 152 g/mol. The van der Waals surface area contributed by atoms with Gasteiger partial charge in [0.2, 0.25) is 5.91 Å². The van der Waals surface area contributed by atoms with E-state index in [4.69, 9.17) is 5.26 Å². The third kappa shape index (κ3) is 1.29. The monoisotopic (exact) mass is 164 g/mol. The first kappa shape index (κ1) is 7.60. The molecule has 0 radical (unpaired) electrons. The maximum atomic E-state index is 11.4. The van der Waals surface area contributed by atoms with Gasteiger partial charge in [0, 0.05) is 6.54 Å². The molecule has 2 saturated carbocycles. The molecule has 2 aliphatic rings. The molecule has 2 fully saturated rings. The Bertz CT molecular complexity index is 246. The maximum Gasteiger partial charge on any atom is 0.240 e. The number of carbonyl (C=O) groups is 1. The van der Waals surface area contributed by atoms with Crippen molar-refractivity contribution in [2.24, 2.45) is 11.3 Å². The quantitative estimate of drug-likeness (QED) is 0.671. The summed E-state index contributed by atoms with van der Waals surface area (Å²) in [5, 5.41) is 11.5. The molecule has 0 aromatic rings. The predicted octanol–water partition coefficient (Wildman–Crippen LogP) is 0.816. The second kappa shape index (κ2) is 2.48. The summed E-state index contributed by atoms with van der Waals surface area (Å²) < 4.78 is 0. The molecule has 3 heteroatoms. The number of hydrogen-bond donors (Lipinski definition) is 1. The molecule has 1 N–H and O–H groups in total. The highest BCUT2D eigenvalue weighted by Gasteiger charge is 2.50. The van der Waals surface area contributed by atoms with Crippen LogP contribution in [0.5, 0.6) is 0 Å². The number of nitriles is 1. The Hall–Kier alpha value is -1.04. The minimum absolute atomic E-state index is 0.0445. The standard InChI is InChI=1S/C9H12N2O/c10-6-9(3-4-9)8(12)11-5-7-1-2-7/h7H,1-5H2,(H,11,12). The third-order valence-electron chi connectivity index (χ3n) is 2.65. The van der Waals surface area contributed by atoms with Gasteiger partial charge in [0.05, 0.1) is 6.07 Å². The fraction of sp³-hybridized carbons (Fsp3) is 0.778. The molecule has 3 nitrogen and oxygen atoms in total. The van der Waals surface area contributed by atoms with Gasteiger partial charge in [-0.3, -0.25) is 4.79 Å². The van der Waals surface area contributed by atoms with Gasteiger partial charge in [-0.25, -0.2) is 0 Å². The number of nitrogens with zero attached hydrogens (tertiary/aromatic N) is 1. The zero-order valence-corrected chi connectivity index (χ0v) is 6.97. The molecule has 0 unspecified atom stereocenters. The predicted molar refractivity (Wildman–Crippen MR) is 43.0 cm³/mol. The van der Waals surface area contributed by atoms with Crippen molar-refractivity contribution in [3.63, 3.8) is 0 Å². The van der Waals surface area contributed by atoms with Gasteiger partial charge >= 0.3 is 0 Å². The number of nitrogens with one attached hydrogen (secondary N) is 1. The molecule has 0 aromatic carbocycles. The molecule has 0 saturated heterocycles. The largest absolute Gasteiger partial charge is 0.354 e. The first-order valence-corrected chi connectivity index (χ1v) is 4.46. The van der Waals surface area contributed by atoms with Gasteiger partial charge < -0.3 is 5.32 Å². The van der Waals surface area contributed by atoms with Crippen LogP contribution in [0.3, 0.4) is 0 Å². The maximum absolute atomic E-state index is 11.4. The van der Waals surface area contributed by atoms with E-state index >= 15 is 0 Å². The van der Waals surface area contributed by atoms with E-state index in [1.165, 1.54) is 12.8 Å². The minimum atomic E-state index is -0.630. The van der Waals surface area contributed by atoms with E-state index in [1.807, 2.05) is 0 Å². The van der Waals surface area contributed by atoms with Crippen LogP contribution in [0, 0.1) is 22.7 Å². The Morgan fingerprint density at radius 3 is 2.67 bits per heavy atom. The highest BCUT2D eigenvalue weighted by atomic mass is 16.2. The molecule has 0 atom stereocenters. The zero-order chi connectivity index (χ0) is 8.60. The van der Waals surface area contributed by atoms with Crippen molar-refractivity contribution in [3.8, 4) is 6.07 Å². The van der Waals surface area contributed by atoms with Crippen molar-refractivity contribution in [1.29, 1.82) is 5.26 Å². The summed E-state index contributed by atoms with van der Waals surface area (Å²) in [5.74, 6) is 0.653. The Labute approximate surface area is 71.8 Å². The van der Waals surface area contributed by atoms with Crippen LogP contribution in [-0.2, 0) is 4.79 Å². The van der Waals surface area contributed by atoms with Crippen molar-refractivity contribution in [1.82, 2.24) is 5.32 Å². The molecule has 0 aliphatic heterocycles. The lowest BCUT2D eigenvalue weighted by atomic mass is 10.1. The first-order valence-electron chi connectivity index (χ1n) is 4.46. The summed E-state index contributed by atoms with van der Waals surface area (Å²) in [6, 6.07) is 2.08. The van der Waals surface area contributed by atoms with Crippen molar-refractivity contribution >= 4 is 5.91 Å². The lowest BCUT2D eigenvalue weighted by Crippen LogP contribution is -2.32. The Balaban J connectivity index is 1.80. The summed E-state index contributed by atoms with van der Waals surface area (Å²) in [7, 11) is 0. The van der Waals surface area contributed by atoms with Gasteiger partial charge in [-0.05, 0) is 31.6 Å². The molecule has 0 aromatic heterocycles. The van der Waals surface area contributed by atoms with Gasteiger partial charge in [0.15, 0.2) is 0 Å². The Kier molecular flexibility index (Phi) is 1.57. The zero-order valence-electron chi connectivity index (χ0n) is 6.97. The van der Waals surface area contributed by atoms with Crippen LogP contribution in [0.4, 0.5) is 0 Å². The first-order chi connectivity index (χ1) is 5.77. The van der Waals surface area contributed by atoms with Crippen molar-refractivity contribution in [2.75, 3.05) is 6.54 Å². The number of hydrogen-bond acceptors (Lipinski definition) is 2. The number of amides is 1. The van der Waals surface area contributed by atoms with E-state index in [0.29, 0.717) is 5.92 Å². The summed E-state index contributed by atoms with van der Waals surface area (Å²) in [5.41, 5.74) is -0.630. The smallest absolute Gasteiger partial charge is 0.240 e. The van der Waals surface area contributed by atoms with E-state index in [-0.39, 0.29) is 5.91 Å². The molecule has 64 valence electrons. The molecule has 0 heterocycles. The fourth-order valence-corrected chi connectivity index (χ4v) is 1.24. The van der Waals surface area contributed by atoms with Crippen LogP contribution in [0.2, 0.25) is 0 Å². The molecule has 0 spiro atoms. The van der Waals surface area contributed by atoms with Crippen molar-refractivity contribution in [2.45, 2.75) is 25.7 Å². The van der Waals surface area contributed by atoms with Gasteiger partial charge in [0.25, 0.3) is 0 Å². The average molecular weight is 164 g/mol. The normalized spacial score (nSPS) is 24.2. The van der Waals surface area contributed by atoms with Crippen LogP contribution in [0.25, 0.3) is 0 Å². The van der Waals surface area contributed by atoms with Crippen LogP contribution < -0.4 is 5.32 Å². The van der Waals surface area contributed by atoms with Gasteiger partial charge in [-0.15, -0.1) is 0 Å².